The number of carbonyl (C=O) groups is 2. The number of halogens is 1. The lowest BCUT2D eigenvalue weighted by Crippen LogP contribution is -2.13. The lowest BCUT2D eigenvalue weighted by Gasteiger charge is -2.10. The van der Waals surface area contributed by atoms with Gasteiger partial charge in [0.05, 0.1) is 0 Å². The average Bonchev–Trinajstić information content (AvgIpc) is 2.52. The first-order valence-electron chi connectivity index (χ1n) is 6.97. The Bertz CT molecular complexity index is 696. The van der Waals surface area contributed by atoms with Crippen molar-refractivity contribution in [2.24, 2.45) is 0 Å². The van der Waals surface area contributed by atoms with E-state index < -0.39 is 0 Å². The fourth-order valence-electron chi connectivity index (χ4n) is 1.89. The lowest BCUT2D eigenvalue weighted by molar-refractivity contribution is -0.115. The topological polar surface area (TPSA) is 58.2 Å². The highest BCUT2D eigenvalue weighted by atomic mass is 35.5. The second-order valence-electron chi connectivity index (χ2n) is 4.85. The smallest absolute Gasteiger partial charge is 0.255 e. The van der Waals surface area contributed by atoms with Crippen LogP contribution in [0.4, 0.5) is 11.4 Å². The first-order chi connectivity index (χ1) is 10.5. The van der Waals surface area contributed by atoms with Gasteiger partial charge in [-0.2, -0.15) is 0 Å². The van der Waals surface area contributed by atoms with E-state index in [4.69, 9.17) is 11.6 Å². The Labute approximate surface area is 134 Å². The summed E-state index contributed by atoms with van der Waals surface area (Å²) >= 11 is 6.03. The van der Waals surface area contributed by atoms with Gasteiger partial charge in [0.2, 0.25) is 5.91 Å². The van der Waals surface area contributed by atoms with Crippen LogP contribution in [0.5, 0.6) is 0 Å². The number of anilines is 2. The van der Waals surface area contributed by atoms with Gasteiger partial charge < -0.3 is 10.6 Å². The van der Waals surface area contributed by atoms with Crippen molar-refractivity contribution in [2.45, 2.75) is 20.3 Å². The summed E-state index contributed by atoms with van der Waals surface area (Å²) < 4.78 is 0. The first-order valence-corrected chi connectivity index (χ1v) is 7.35. The number of benzene rings is 2. The van der Waals surface area contributed by atoms with Crippen molar-refractivity contribution in [3.05, 3.63) is 58.6 Å². The fraction of sp³-hybridized carbons (Fsp3) is 0.176. The zero-order valence-electron chi connectivity index (χ0n) is 12.4. The standard InChI is InChI=1S/C17H17ClN2O2/c1-3-16(21)19-13-9-7-12(8-10-13)17(22)20-15-6-4-5-14(18)11(15)2/h4-10H,3H2,1-2H3,(H,19,21)(H,20,22). The molecule has 0 radical (unpaired) electrons. The molecule has 2 amide bonds. The van der Waals surface area contributed by atoms with Crippen LogP contribution in [0.15, 0.2) is 42.5 Å². The second kappa shape index (κ2) is 7.09. The van der Waals surface area contributed by atoms with Crippen LogP contribution < -0.4 is 10.6 Å². The summed E-state index contributed by atoms with van der Waals surface area (Å²) in [5.74, 6) is -0.287. The van der Waals surface area contributed by atoms with E-state index in [1.807, 2.05) is 6.92 Å². The van der Waals surface area contributed by atoms with Gasteiger partial charge in [-0.05, 0) is 48.9 Å². The number of carbonyl (C=O) groups excluding carboxylic acids is 2. The third-order valence-corrected chi connectivity index (χ3v) is 3.68. The lowest BCUT2D eigenvalue weighted by atomic mass is 10.1. The van der Waals surface area contributed by atoms with Crippen LogP contribution in [0.2, 0.25) is 5.02 Å². The highest BCUT2D eigenvalue weighted by Crippen LogP contribution is 2.23. The van der Waals surface area contributed by atoms with Gasteiger partial charge in [-0.1, -0.05) is 24.6 Å². The zero-order chi connectivity index (χ0) is 16.1. The Balaban J connectivity index is 2.10. The zero-order valence-corrected chi connectivity index (χ0v) is 13.2. The van der Waals surface area contributed by atoms with E-state index in [2.05, 4.69) is 10.6 Å². The SMILES string of the molecule is CCC(=O)Nc1ccc(C(=O)Nc2cccc(Cl)c2C)cc1. The van der Waals surface area contributed by atoms with E-state index in [1.165, 1.54) is 0 Å². The largest absolute Gasteiger partial charge is 0.326 e. The van der Waals surface area contributed by atoms with Crippen molar-refractivity contribution < 1.29 is 9.59 Å². The number of amides is 2. The Morgan fingerprint density at radius 1 is 1.05 bits per heavy atom. The molecule has 22 heavy (non-hydrogen) atoms. The van der Waals surface area contributed by atoms with E-state index in [9.17, 15) is 9.59 Å². The van der Waals surface area contributed by atoms with Gasteiger partial charge in [-0.25, -0.2) is 0 Å². The van der Waals surface area contributed by atoms with Gasteiger partial charge in [-0.3, -0.25) is 9.59 Å². The third-order valence-electron chi connectivity index (χ3n) is 3.27. The molecule has 0 unspecified atom stereocenters. The Kier molecular flexibility index (Phi) is 5.17. The van der Waals surface area contributed by atoms with Crippen LogP contribution >= 0.6 is 11.6 Å². The Morgan fingerprint density at radius 2 is 1.73 bits per heavy atom. The molecule has 0 atom stereocenters. The van der Waals surface area contributed by atoms with E-state index in [0.29, 0.717) is 28.4 Å². The molecular formula is C17H17ClN2O2. The van der Waals surface area contributed by atoms with Crippen molar-refractivity contribution in [2.75, 3.05) is 10.6 Å². The Morgan fingerprint density at radius 3 is 2.36 bits per heavy atom. The van der Waals surface area contributed by atoms with Crippen molar-refractivity contribution in [1.82, 2.24) is 0 Å². The molecule has 2 N–H and O–H groups in total. The highest BCUT2D eigenvalue weighted by Gasteiger charge is 2.09. The molecule has 4 nitrogen and oxygen atoms in total. The molecule has 114 valence electrons. The summed E-state index contributed by atoms with van der Waals surface area (Å²) in [7, 11) is 0. The Hall–Kier alpha value is -2.33. The summed E-state index contributed by atoms with van der Waals surface area (Å²) in [5, 5.41) is 6.17. The molecule has 2 rings (SSSR count). The molecule has 0 spiro atoms. The van der Waals surface area contributed by atoms with Crippen molar-refractivity contribution in [3.63, 3.8) is 0 Å². The first kappa shape index (κ1) is 16.0. The molecule has 0 fully saturated rings. The molecule has 0 aliphatic heterocycles. The normalized spacial score (nSPS) is 10.1. The molecule has 0 aliphatic carbocycles. The van der Waals surface area contributed by atoms with Gasteiger partial charge >= 0.3 is 0 Å². The number of hydrogen-bond donors (Lipinski definition) is 2. The van der Waals surface area contributed by atoms with Crippen LogP contribution in [0.25, 0.3) is 0 Å². The number of nitrogens with one attached hydrogen (secondary N) is 2. The average molecular weight is 317 g/mol. The molecule has 0 aliphatic rings. The molecule has 5 heteroatoms. The van der Waals surface area contributed by atoms with Gasteiger partial charge in [0, 0.05) is 28.4 Å². The van der Waals surface area contributed by atoms with Gasteiger partial charge in [-0.15, -0.1) is 0 Å². The maximum Gasteiger partial charge on any atom is 0.255 e. The van der Waals surface area contributed by atoms with Crippen LogP contribution in [0, 0.1) is 6.92 Å². The predicted octanol–water partition coefficient (Wildman–Crippen LogP) is 4.25. The minimum absolute atomic E-state index is 0.0632. The minimum atomic E-state index is -0.223. The summed E-state index contributed by atoms with van der Waals surface area (Å²) in [6.45, 7) is 3.63. The quantitative estimate of drug-likeness (QED) is 0.886. The van der Waals surface area contributed by atoms with Gasteiger partial charge in [0.25, 0.3) is 5.91 Å². The van der Waals surface area contributed by atoms with Gasteiger partial charge in [0.1, 0.15) is 0 Å². The summed E-state index contributed by atoms with van der Waals surface area (Å²) in [4.78, 5) is 23.5. The molecule has 0 aromatic heterocycles. The van der Waals surface area contributed by atoms with Gasteiger partial charge in [0.15, 0.2) is 0 Å². The molecule has 2 aromatic rings. The van der Waals surface area contributed by atoms with Crippen LogP contribution in [0.3, 0.4) is 0 Å². The van der Waals surface area contributed by atoms with E-state index in [1.54, 1.807) is 49.4 Å². The maximum absolute atomic E-state index is 12.2. The predicted molar refractivity (Wildman–Crippen MR) is 89.5 cm³/mol. The maximum atomic E-state index is 12.2. The molecule has 0 bridgehead atoms. The monoisotopic (exact) mass is 316 g/mol. The fourth-order valence-corrected chi connectivity index (χ4v) is 2.07. The van der Waals surface area contributed by atoms with E-state index >= 15 is 0 Å². The van der Waals surface area contributed by atoms with Crippen molar-refractivity contribution in [1.29, 1.82) is 0 Å². The number of rotatable bonds is 4. The van der Waals surface area contributed by atoms with Crippen LogP contribution in [0.1, 0.15) is 29.3 Å². The summed E-state index contributed by atoms with van der Waals surface area (Å²) in [5.41, 5.74) is 2.68. The summed E-state index contributed by atoms with van der Waals surface area (Å²) in [6, 6.07) is 12.1. The number of hydrogen-bond acceptors (Lipinski definition) is 2. The van der Waals surface area contributed by atoms with Crippen molar-refractivity contribution in [3.8, 4) is 0 Å². The minimum Gasteiger partial charge on any atom is -0.326 e. The molecule has 2 aromatic carbocycles. The van der Waals surface area contributed by atoms with E-state index in [-0.39, 0.29) is 11.8 Å². The van der Waals surface area contributed by atoms with Crippen LogP contribution in [-0.2, 0) is 4.79 Å². The highest BCUT2D eigenvalue weighted by molar-refractivity contribution is 6.31. The second-order valence-corrected chi connectivity index (χ2v) is 5.25. The molecule has 0 saturated carbocycles. The third kappa shape index (κ3) is 3.86. The van der Waals surface area contributed by atoms with Crippen LogP contribution in [-0.4, -0.2) is 11.8 Å². The molecule has 0 saturated heterocycles. The van der Waals surface area contributed by atoms with Crippen molar-refractivity contribution >= 4 is 34.8 Å². The van der Waals surface area contributed by atoms with E-state index in [0.717, 1.165) is 5.56 Å². The molecule has 0 heterocycles. The molecular weight excluding hydrogens is 300 g/mol. The summed E-state index contributed by atoms with van der Waals surface area (Å²) in [6.07, 6.45) is 0.413.